The van der Waals surface area contributed by atoms with E-state index in [9.17, 15) is 0 Å². The van der Waals surface area contributed by atoms with Gasteiger partial charge in [-0.05, 0) is 0 Å². The molecule has 0 amide bonds. The van der Waals surface area contributed by atoms with Crippen LogP contribution in [0.1, 0.15) is 20.8 Å². The third-order valence-corrected chi connectivity index (χ3v) is 3.42. The van der Waals surface area contributed by atoms with Gasteiger partial charge in [0.15, 0.2) is 0 Å². The average Bonchev–Trinajstić information content (AvgIpc) is 1.87. The van der Waals surface area contributed by atoms with Crippen LogP contribution in [-0.4, -0.2) is 24.1 Å². The van der Waals surface area contributed by atoms with Crippen LogP contribution >= 0.6 is 21.6 Å². The molecule has 0 atom stereocenters. The predicted molar refractivity (Wildman–Crippen MR) is 53.7 cm³/mol. The SMILES string of the molecule is CCSSCCNC(C)C. The minimum absolute atomic E-state index is 0.632. The van der Waals surface area contributed by atoms with Gasteiger partial charge in [-0.2, -0.15) is 0 Å². The van der Waals surface area contributed by atoms with Gasteiger partial charge in [-0.1, -0.05) is 42.4 Å². The lowest BCUT2D eigenvalue weighted by Gasteiger charge is -2.05. The number of rotatable bonds is 6. The summed E-state index contributed by atoms with van der Waals surface area (Å²) in [7, 11) is 3.89. The Balaban J connectivity index is 2.77. The standard InChI is InChI=1S/C7H17NS2/c1-4-9-10-6-5-8-7(2)3/h7-8H,4-6H2,1-3H3. The normalized spacial score (nSPS) is 10.8. The third kappa shape index (κ3) is 8.66. The van der Waals surface area contributed by atoms with Gasteiger partial charge in [-0.25, -0.2) is 0 Å². The molecule has 0 radical (unpaired) electrons. The van der Waals surface area contributed by atoms with E-state index >= 15 is 0 Å². The van der Waals surface area contributed by atoms with E-state index in [-0.39, 0.29) is 0 Å². The van der Waals surface area contributed by atoms with Crippen LogP contribution in [0.4, 0.5) is 0 Å². The largest absolute Gasteiger partial charge is 0.314 e. The van der Waals surface area contributed by atoms with Gasteiger partial charge in [0.25, 0.3) is 0 Å². The summed E-state index contributed by atoms with van der Waals surface area (Å²) in [5.74, 6) is 2.43. The van der Waals surface area contributed by atoms with Crippen molar-refractivity contribution >= 4 is 21.6 Å². The van der Waals surface area contributed by atoms with Gasteiger partial charge >= 0.3 is 0 Å². The molecule has 0 aromatic rings. The number of nitrogens with one attached hydrogen (secondary N) is 1. The summed E-state index contributed by atoms with van der Waals surface area (Å²) < 4.78 is 0. The molecule has 0 aromatic heterocycles. The Bertz CT molecular complexity index is 66.6. The highest BCUT2D eigenvalue weighted by atomic mass is 33.1. The number of hydrogen-bond donors (Lipinski definition) is 1. The Kier molecular flexibility index (Phi) is 8.28. The molecule has 0 aliphatic rings. The topological polar surface area (TPSA) is 12.0 Å². The Morgan fingerprint density at radius 1 is 1.30 bits per heavy atom. The fraction of sp³-hybridized carbons (Fsp3) is 1.00. The second-order valence-corrected chi connectivity index (χ2v) is 5.21. The van der Waals surface area contributed by atoms with Gasteiger partial charge in [0.1, 0.15) is 0 Å². The molecule has 1 nitrogen and oxygen atoms in total. The van der Waals surface area contributed by atoms with Gasteiger partial charge in [0, 0.05) is 24.1 Å². The van der Waals surface area contributed by atoms with E-state index in [0.29, 0.717) is 6.04 Å². The van der Waals surface area contributed by atoms with Gasteiger partial charge < -0.3 is 5.32 Å². The molecule has 1 N–H and O–H groups in total. The molecule has 0 saturated carbocycles. The molecule has 0 saturated heterocycles. The maximum absolute atomic E-state index is 3.37. The van der Waals surface area contributed by atoms with Gasteiger partial charge in [0.05, 0.1) is 0 Å². The molecule has 0 aromatic carbocycles. The van der Waals surface area contributed by atoms with Gasteiger partial charge in [-0.15, -0.1) is 0 Å². The highest BCUT2D eigenvalue weighted by Gasteiger charge is 1.90. The van der Waals surface area contributed by atoms with E-state index in [2.05, 4.69) is 26.1 Å². The lowest BCUT2D eigenvalue weighted by atomic mass is 10.4. The molecule has 0 aliphatic heterocycles. The van der Waals surface area contributed by atoms with Gasteiger partial charge in [-0.3, -0.25) is 0 Å². The zero-order chi connectivity index (χ0) is 7.82. The average molecular weight is 179 g/mol. The van der Waals surface area contributed by atoms with Crippen molar-refractivity contribution in [2.45, 2.75) is 26.8 Å². The van der Waals surface area contributed by atoms with E-state index in [0.717, 1.165) is 6.54 Å². The van der Waals surface area contributed by atoms with Crippen LogP contribution in [0.2, 0.25) is 0 Å². The smallest absolute Gasteiger partial charge is 0.0162 e. The molecule has 0 aliphatic carbocycles. The summed E-state index contributed by atoms with van der Waals surface area (Å²) >= 11 is 0. The van der Waals surface area contributed by atoms with Crippen molar-refractivity contribution in [2.75, 3.05) is 18.1 Å². The molecule has 0 fully saturated rings. The van der Waals surface area contributed by atoms with Crippen molar-refractivity contribution in [2.24, 2.45) is 0 Å². The predicted octanol–water partition coefficient (Wildman–Crippen LogP) is 2.39. The maximum Gasteiger partial charge on any atom is 0.0162 e. The Labute approximate surface area is 72.1 Å². The monoisotopic (exact) mass is 179 g/mol. The molecular weight excluding hydrogens is 162 g/mol. The second kappa shape index (κ2) is 7.76. The van der Waals surface area contributed by atoms with Crippen molar-refractivity contribution < 1.29 is 0 Å². The van der Waals surface area contributed by atoms with E-state index < -0.39 is 0 Å². The first kappa shape index (κ1) is 10.7. The zero-order valence-electron chi connectivity index (χ0n) is 7.02. The molecular formula is C7H17NS2. The number of hydrogen-bond acceptors (Lipinski definition) is 3. The van der Waals surface area contributed by atoms with Crippen LogP contribution in [0, 0.1) is 0 Å². The summed E-state index contributed by atoms with van der Waals surface area (Å²) in [6.45, 7) is 7.68. The fourth-order valence-corrected chi connectivity index (χ4v) is 2.12. The third-order valence-electron chi connectivity index (χ3n) is 0.939. The van der Waals surface area contributed by atoms with E-state index in [1.165, 1.54) is 11.5 Å². The van der Waals surface area contributed by atoms with Crippen LogP contribution in [0.3, 0.4) is 0 Å². The molecule has 62 valence electrons. The van der Waals surface area contributed by atoms with Crippen LogP contribution in [0.25, 0.3) is 0 Å². The lowest BCUT2D eigenvalue weighted by molar-refractivity contribution is 0.616. The summed E-state index contributed by atoms with van der Waals surface area (Å²) in [6.07, 6.45) is 0. The quantitative estimate of drug-likeness (QED) is 0.497. The molecule has 10 heavy (non-hydrogen) atoms. The summed E-state index contributed by atoms with van der Waals surface area (Å²) in [5, 5.41) is 3.37. The van der Waals surface area contributed by atoms with Crippen LogP contribution < -0.4 is 5.32 Å². The van der Waals surface area contributed by atoms with Crippen LogP contribution in [0.5, 0.6) is 0 Å². The molecule has 0 heterocycles. The molecule has 3 heteroatoms. The Morgan fingerprint density at radius 3 is 2.50 bits per heavy atom. The maximum atomic E-state index is 3.37. The first-order valence-corrected chi connectivity index (χ1v) is 6.24. The van der Waals surface area contributed by atoms with Crippen LogP contribution in [-0.2, 0) is 0 Å². The molecule has 0 rings (SSSR count). The van der Waals surface area contributed by atoms with E-state index in [4.69, 9.17) is 0 Å². The molecule has 0 bridgehead atoms. The first-order valence-electron chi connectivity index (χ1n) is 3.75. The molecule has 0 unspecified atom stereocenters. The van der Waals surface area contributed by atoms with E-state index in [1.54, 1.807) is 0 Å². The van der Waals surface area contributed by atoms with Crippen molar-refractivity contribution in [1.29, 1.82) is 0 Å². The zero-order valence-corrected chi connectivity index (χ0v) is 8.65. The minimum atomic E-state index is 0.632. The Hall–Kier alpha value is 0.660. The summed E-state index contributed by atoms with van der Waals surface area (Å²) in [6, 6.07) is 0.632. The van der Waals surface area contributed by atoms with Crippen molar-refractivity contribution in [3.63, 3.8) is 0 Å². The Morgan fingerprint density at radius 2 is 2.00 bits per heavy atom. The highest BCUT2D eigenvalue weighted by molar-refractivity contribution is 8.76. The summed E-state index contributed by atoms with van der Waals surface area (Å²) in [4.78, 5) is 0. The molecule has 0 spiro atoms. The minimum Gasteiger partial charge on any atom is -0.314 e. The van der Waals surface area contributed by atoms with E-state index in [1.807, 2.05) is 21.6 Å². The van der Waals surface area contributed by atoms with Crippen LogP contribution in [0.15, 0.2) is 0 Å². The highest BCUT2D eigenvalue weighted by Crippen LogP contribution is 2.18. The van der Waals surface area contributed by atoms with Crippen molar-refractivity contribution in [3.8, 4) is 0 Å². The van der Waals surface area contributed by atoms with Crippen molar-refractivity contribution in [3.05, 3.63) is 0 Å². The van der Waals surface area contributed by atoms with Gasteiger partial charge in [0.2, 0.25) is 0 Å². The van der Waals surface area contributed by atoms with Crippen molar-refractivity contribution in [1.82, 2.24) is 5.32 Å². The first-order chi connectivity index (χ1) is 4.77. The fourth-order valence-electron chi connectivity index (χ4n) is 0.532. The lowest BCUT2D eigenvalue weighted by Crippen LogP contribution is -2.24. The second-order valence-electron chi connectivity index (χ2n) is 2.34. The summed E-state index contributed by atoms with van der Waals surface area (Å²) in [5.41, 5.74) is 0.